The minimum atomic E-state index is -0.677. The quantitative estimate of drug-likeness (QED) is 0.709. The molecule has 0 radical (unpaired) electrons. The molecule has 1 fully saturated rings. The number of esters is 1. The topological polar surface area (TPSA) is 49.9 Å². The van der Waals surface area contributed by atoms with Gasteiger partial charge in [0.2, 0.25) is 5.91 Å². The van der Waals surface area contributed by atoms with E-state index in [0.29, 0.717) is 13.1 Å². The highest BCUT2D eigenvalue weighted by atomic mass is 16.6. The lowest BCUT2D eigenvalue weighted by Crippen LogP contribution is -2.65. The van der Waals surface area contributed by atoms with Crippen molar-refractivity contribution in [1.82, 2.24) is 9.80 Å². The number of likely N-dealkylation sites (N-methyl/N-ethyl adjacent to an activating group) is 1. The van der Waals surface area contributed by atoms with Crippen LogP contribution in [0.4, 0.5) is 0 Å². The van der Waals surface area contributed by atoms with Crippen LogP contribution < -0.4 is 0 Å². The highest BCUT2D eigenvalue weighted by Crippen LogP contribution is 2.25. The Morgan fingerprint density at radius 1 is 1.32 bits per heavy atom. The van der Waals surface area contributed by atoms with Crippen molar-refractivity contribution in [2.45, 2.75) is 58.7 Å². The van der Waals surface area contributed by atoms with Crippen LogP contribution in [0.2, 0.25) is 0 Å². The third-order valence-electron chi connectivity index (χ3n) is 3.48. The molecule has 1 aliphatic heterocycles. The van der Waals surface area contributed by atoms with Gasteiger partial charge in [0, 0.05) is 20.1 Å². The summed E-state index contributed by atoms with van der Waals surface area (Å²) in [6.07, 6.45) is 0. The van der Waals surface area contributed by atoms with Crippen molar-refractivity contribution in [3.05, 3.63) is 0 Å². The third kappa shape index (κ3) is 3.47. The fraction of sp³-hybridized carbons (Fsp3) is 0.857. The Hall–Kier alpha value is -1.10. The minimum absolute atomic E-state index is 0.0363. The number of carbonyl (C=O) groups is 2. The van der Waals surface area contributed by atoms with Gasteiger partial charge in [-0.15, -0.1) is 0 Å². The first-order chi connectivity index (χ1) is 8.47. The summed E-state index contributed by atoms with van der Waals surface area (Å²) in [4.78, 5) is 28.0. The molecular weight excluding hydrogens is 244 g/mol. The molecule has 0 aromatic rings. The van der Waals surface area contributed by atoms with E-state index < -0.39 is 17.2 Å². The fourth-order valence-corrected chi connectivity index (χ4v) is 2.42. The van der Waals surface area contributed by atoms with Crippen molar-refractivity contribution in [2.24, 2.45) is 0 Å². The monoisotopic (exact) mass is 270 g/mol. The van der Waals surface area contributed by atoms with Crippen molar-refractivity contribution < 1.29 is 14.3 Å². The van der Waals surface area contributed by atoms with Gasteiger partial charge in [-0.25, -0.2) is 0 Å². The van der Waals surface area contributed by atoms with Crippen molar-refractivity contribution >= 4 is 11.9 Å². The maximum absolute atomic E-state index is 12.2. The van der Waals surface area contributed by atoms with Crippen LogP contribution in [0.3, 0.4) is 0 Å². The lowest BCUT2D eigenvalue weighted by atomic mass is 9.95. The molecule has 0 aliphatic carbocycles. The fourth-order valence-electron chi connectivity index (χ4n) is 2.42. The van der Waals surface area contributed by atoms with Crippen molar-refractivity contribution in [2.75, 3.05) is 20.1 Å². The SMILES string of the molecule is CC(C(=O)OC(C)(C)C)N1CCN(C)C(=O)C1(C)C. The molecule has 1 heterocycles. The summed E-state index contributed by atoms with van der Waals surface area (Å²) in [6.45, 7) is 12.4. The molecule has 0 bridgehead atoms. The van der Waals surface area contributed by atoms with Crippen LogP contribution in [0.1, 0.15) is 41.5 Å². The van der Waals surface area contributed by atoms with Gasteiger partial charge in [-0.2, -0.15) is 0 Å². The first-order valence-electron chi connectivity index (χ1n) is 6.72. The molecule has 110 valence electrons. The molecule has 0 aromatic heterocycles. The van der Waals surface area contributed by atoms with Gasteiger partial charge in [-0.05, 0) is 41.5 Å². The lowest BCUT2D eigenvalue weighted by Gasteiger charge is -2.47. The van der Waals surface area contributed by atoms with E-state index in [0.717, 1.165) is 0 Å². The maximum atomic E-state index is 12.2. The van der Waals surface area contributed by atoms with Gasteiger partial charge in [0.1, 0.15) is 11.6 Å². The normalized spacial score (nSPS) is 22.3. The van der Waals surface area contributed by atoms with E-state index >= 15 is 0 Å². The van der Waals surface area contributed by atoms with Crippen LogP contribution in [0.15, 0.2) is 0 Å². The highest BCUT2D eigenvalue weighted by molar-refractivity contribution is 5.87. The average Bonchev–Trinajstić information content (AvgIpc) is 2.23. The van der Waals surface area contributed by atoms with Gasteiger partial charge in [0.05, 0.1) is 5.54 Å². The zero-order valence-electron chi connectivity index (χ0n) is 13.1. The zero-order valence-corrected chi connectivity index (χ0v) is 13.1. The number of carbonyl (C=O) groups excluding carboxylic acids is 2. The molecule has 0 aromatic carbocycles. The van der Waals surface area contributed by atoms with Crippen LogP contribution in [0.5, 0.6) is 0 Å². The number of rotatable bonds is 2. The zero-order chi connectivity index (χ0) is 15.0. The Morgan fingerprint density at radius 2 is 1.84 bits per heavy atom. The summed E-state index contributed by atoms with van der Waals surface area (Å²) < 4.78 is 5.40. The van der Waals surface area contributed by atoms with E-state index in [1.807, 2.05) is 39.5 Å². The molecule has 0 spiro atoms. The second-order valence-corrected chi connectivity index (χ2v) is 6.69. The predicted molar refractivity (Wildman–Crippen MR) is 73.7 cm³/mol. The van der Waals surface area contributed by atoms with E-state index in [9.17, 15) is 9.59 Å². The van der Waals surface area contributed by atoms with E-state index in [4.69, 9.17) is 4.74 Å². The largest absolute Gasteiger partial charge is 0.459 e. The maximum Gasteiger partial charge on any atom is 0.323 e. The van der Waals surface area contributed by atoms with Gasteiger partial charge < -0.3 is 9.64 Å². The van der Waals surface area contributed by atoms with Crippen molar-refractivity contribution in [3.8, 4) is 0 Å². The molecule has 5 heteroatoms. The van der Waals surface area contributed by atoms with Gasteiger partial charge in [-0.3, -0.25) is 14.5 Å². The molecular formula is C14H26N2O3. The Kier molecular flexibility index (Phi) is 4.30. The average molecular weight is 270 g/mol. The molecule has 1 amide bonds. The summed E-state index contributed by atoms with van der Waals surface area (Å²) >= 11 is 0. The van der Waals surface area contributed by atoms with Crippen LogP contribution in [-0.2, 0) is 14.3 Å². The van der Waals surface area contributed by atoms with Crippen LogP contribution >= 0.6 is 0 Å². The number of hydrogen-bond acceptors (Lipinski definition) is 4. The van der Waals surface area contributed by atoms with Crippen LogP contribution in [0.25, 0.3) is 0 Å². The number of nitrogens with zero attached hydrogens (tertiary/aromatic N) is 2. The van der Waals surface area contributed by atoms with E-state index in [-0.39, 0.29) is 11.9 Å². The predicted octanol–water partition coefficient (Wildman–Crippen LogP) is 1.27. The number of piperazine rings is 1. The van der Waals surface area contributed by atoms with E-state index in [1.165, 1.54) is 0 Å². The number of ether oxygens (including phenoxy) is 1. The number of amides is 1. The van der Waals surface area contributed by atoms with Crippen LogP contribution in [-0.4, -0.2) is 59.0 Å². The third-order valence-corrected chi connectivity index (χ3v) is 3.48. The van der Waals surface area contributed by atoms with Gasteiger partial charge in [-0.1, -0.05) is 0 Å². The second-order valence-electron chi connectivity index (χ2n) is 6.69. The second kappa shape index (κ2) is 5.12. The van der Waals surface area contributed by atoms with E-state index in [2.05, 4.69) is 0 Å². The molecule has 0 N–H and O–H groups in total. The van der Waals surface area contributed by atoms with Crippen molar-refractivity contribution in [1.29, 1.82) is 0 Å². The Morgan fingerprint density at radius 3 is 2.32 bits per heavy atom. The Labute approximate surface area is 115 Å². The summed E-state index contributed by atoms with van der Waals surface area (Å²) in [6, 6.07) is -0.424. The molecule has 1 saturated heterocycles. The summed E-state index contributed by atoms with van der Waals surface area (Å²) in [5.41, 5.74) is -1.19. The first-order valence-corrected chi connectivity index (χ1v) is 6.72. The molecule has 1 atom stereocenters. The smallest absolute Gasteiger partial charge is 0.323 e. The number of hydrogen-bond donors (Lipinski definition) is 0. The van der Waals surface area contributed by atoms with Gasteiger partial charge in [0.25, 0.3) is 0 Å². The molecule has 1 unspecified atom stereocenters. The molecule has 1 rings (SSSR count). The standard InChI is InChI=1S/C14H26N2O3/c1-10(11(17)19-13(2,3)4)16-9-8-15(7)12(18)14(16,5)6/h10H,8-9H2,1-7H3. The molecule has 5 nitrogen and oxygen atoms in total. The molecule has 0 saturated carbocycles. The lowest BCUT2D eigenvalue weighted by molar-refractivity contribution is -0.168. The first kappa shape index (κ1) is 16.0. The van der Waals surface area contributed by atoms with E-state index in [1.54, 1.807) is 18.9 Å². The highest BCUT2D eigenvalue weighted by Gasteiger charge is 2.44. The summed E-state index contributed by atoms with van der Waals surface area (Å²) in [7, 11) is 1.79. The Bertz CT molecular complexity index is 371. The molecule has 19 heavy (non-hydrogen) atoms. The summed E-state index contributed by atoms with van der Waals surface area (Å²) in [5.74, 6) is -0.243. The van der Waals surface area contributed by atoms with Crippen LogP contribution in [0, 0.1) is 0 Å². The minimum Gasteiger partial charge on any atom is -0.459 e. The summed E-state index contributed by atoms with van der Waals surface area (Å²) in [5, 5.41) is 0. The Balaban J connectivity index is 2.84. The van der Waals surface area contributed by atoms with Crippen molar-refractivity contribution in [3.63, 3.8) is 0 Å². The molecule has 1 aliphatic rings. The van der Waals surface area contributed by atoms with Gasteiger partial charge >= 0.3 is 5.97 Å². The van der Waals surface area contributed by atoms with Gasteiger partial charge in [0.15, 0.2) is 0 Å².